The highest BCUT2D eigenvalue weighted by Crippen LogP contribution is 2.56. The van der Waals surface area contributed by atoms with Crippen molar-refractivity contribution in [3.63, 3.8) is 0 Å². The molecule has 1 fully saturated rings. The molecule has 156 valence electrons. The molecule has 5 heteroatoms. The molecule has 1 aromatic carbocycles. The van der Waals surface area contributed by atoms with Gasteiger partial charge in [0.05, 0.1) is 7.11 Å². The lowest BCUT2D eigenvalue weighted by molar-refractivity contribution is -0.275. The van der Waals surface area contributed by atoms with Crippen molar-refractivity contribution in [2.75, 3.05) is 7.11 Å². The van der Waals surface area contributed by atoms with Gasteiger partial charge < -0.3 is 9.84 Å². The van der Waals surface area contributed by atoms with Crippen molar-refractivity contribution in [2.45, 2.75) is 64.7 Å². The Hall–Kier alpha value is -1.75. The van der Waals surface area contributed by atoms with E-state index in [9.17, 15) is 18.3 Å². The van der Waals surface area contributed by atoms with Crippen LogP contribution in [0.25, 0.3) is 6.08 Å². The molecule has 0 saturated heterocycles. The van der Waals surface area contributed by atoms with Crippen LogP contribution >= 0.6 is 0 Å². The molecule has 0 bridgehead atoms. The Morgan fingerprint density at radius 2 is 1.93 bits per heavy atom. The summed E-state index contributed by atoms with van der Waals surface area (Å²) in [6.45, 7) is 6.13. The van der Waals surface area contributed by atoms with Crippen LogP contribution in [0, 0.1) is 18.8 Å². The fourth-order valence-corrected chi connectivity index (χ4v) is 3.61. The quantitative estimate of drug-likeness (QED) is 0.479. The Morgan fingerprint density at radius 3 is 2.46 bits per heavy atom. The molecule has 1 aromatic rings. The minimum Gasteiger partial charge on any atom is -0.496 e. The molecule has 0 spiro atoms. The number of ether oxygens (including phenoxy) is 1. The first kappa shape index (κ1) is 22.5. The van der Waals surface area contributed by atoms with E-state index in [1.165, 1.54) is 26.0 Å². The first-order chi connectivity index (χ1) is 13.1. The summed E-state index contributed by atoms with van der Waals surface area (Å²) in [5, 5.41) is 10.6. The Balaban J connectivity index is 2.26. The summed E-state index contributed by atoms with van der Waals surface area (Å²) >= 11 is 0. The molecule has 0 aliphatic heterocycles. The lowest BCUT2D eigenvalue weighted by atomic mass is 9.85. The Bertz CT molecular complexity index is 717. The van der Waals surface area contributed by atoms with E-state index in [4.69, 9.17) is 4.74 Å². The Labute approximate surface area is 166 Å². The molecule has 2 nitrogen and oxygen atoms in total. The van der Waals surface area contributed by atoms with Crippen molar-refractivity contribution in [1.29, 1.82) is 0 Å². The molecule has 2 unspecified atom stereocenters. The SMILES string of the molecule is CCCC(C)C/C=C\C=C\c1cc(OC)c(C(O)(C2CC2)C(F)(F)F)cc1C. The van der Waals surface area contributed by atoms with Gasteiger partial charge in [-0.3, -0.25) is 0 Å². The maximum Gasteiger partial charge on any atom is 0.421 e. The summed E-state index contributed by atoms with van der Waals surface area (Å²) < 4.78 is 46.4. The molecule has 0 aromatic heterocycles. The van der Waals surface area contributed by atoms with Crippen LogP contribution in [-0.4, -0.2) is 18.4 Å². The largest absolute Gasteiger partial charge is 0.496 e. The molecule has 1 aliphatic carbocycles. The van der Waals surface area contributed by atoms with Crippen LogP contribution in [0.1, 0.15) is 62.6 Å². The van der Waals surface area contributed by atoms with Gasteiger partial charge in [-0.05, 0) is 55.4 Å². The van der Waals surface area contributed by atoms with E-state index < -0.39 is 17.7 Å². The maximum atomic E-state index is 13.7. The van der Waals surface area contributed by atoms with Crippen molar-refractivity contribution in [3.05, 3.63) is 47.1 Å². The van der Waals surface area contributed by atoms with Gasteiger partial charge in [-0.25, -0.2) is 0 Å². The maximum absolute atomic E-state index is 13.7. The zero-order valence-corrected chi connectivity index (χ0v) is 17.1. The zero-order valence-electron chi connectivity index (χ0n) is 17.1. The van der Waals surface area contributed by atoms with Crippen LogP contribution in [0.5, 0.6) is 5.75 Å². The number of benzene rings is 1. The molecular weight excluding hydrogens is 365 g/mol. The molecule has 1 saturated carbocycles. The van der Waals surface area contributed by atoms with Gasteiger partial charge in [-0.15, -0.1) is 0 Å². The number of aliphatic hydroxyl groups is 1. The topological polar surface area (TPSA) is 29.5 Å². The summed E-state index contributed by atoms with van der Waals surface area (Å²) in [5.74, 6) is -0.106. The van der Waals surface area contributed by atoms with E-state index in [1.54, 1.807) is 13.0 Å². The molecule has 28 heavy (non-hydrogen) atoms. The van der Waals surface area contributed by atoms with Crippen molar-refractivity contribution in [1.82, 2.24) is 0 Å². The van der Waals surface area contributed by atoms with Gasteiger partial charge in [0.25, 0.3) is 0 Å². The fraction of sp³-hybridized carbons (Fsp3) is 0.565. The second-order valence-corrected chi connectivity index (χ2v) is 7.86. The molecule has 1 aliphatic rings. The molecule has 0 radical (unpaired) electrons. The zero-order chi connectivity index (χ0) is 20.9. The van der Waals surface area contributed by atoms with E-state index in [0.717, 1.165) is 12.0 Å². The summed E-state index contributed by atoms with van der Waals surface area (Å²) in [6, 6.07) is 2.99. The number of allylic oxidation sites excluding steroid dienone is 3. The highest BCUT2D eigenvalue weighted by molar-refractivity contribution is 5.60. The Kier molecular flexibility index (Phi) is 7.38. The molecule has 2 atom stereocenters. The molecule has 1 N–H and O–H groups in total. The standard InChI is InChI=1S/C23H31F3O2/c1-5-9-16(2)10-7-6-8-11-18-15-21(28-4)20(14-17(18)3)22(27,19-12-13-19)23(24,25)26/h6-8,11,14-16,19,27H,5,9-10,12-13H2,1-4H3/b7-6-,11-8+. The summed E-state index contributed by atoms with van der Waals surface area (Å²) in [5.41, 5.74) is -1.61. The third-order valence-electron chi connectivity index (χ3n) is 5.44. The number of hydrogen-bond acceptors (Lipinski definition) is 2. The van der Waals surface area contributed by atoms with E-state index in [2.05, 4.69) is 19.9 Å². The summed E-state index contributed by atoms with van der Waals surface area (Å²) in [4.78, 5) is 0. The van der Waals surface area contributed by atoms with Crippen LogP contribution in [0.3, 0.4) is 0 Å². The molecule has 0 heterocycles. The van der Waals surface area contributed by atoms with Crippen LogP contribution in [0.4, 0.5) is 13.2 Å². The van der Waals surface area contributed by atoms with Crippen molar-refractivity contribution >= 4 is 6.08 Å². The van der Waals surface area contributed by atoms with Gasteiger partial charge in [0.2, 0.25) is 0 Å². The van der Waals surface area contributed by atoms with Crippen LogP contribution in [-0.2, 0) is 5.60 Å². The highest BCUT2D eigenvalue weighted by atomic mass is 19.4. The highest BCUT2D eigenvalue weighted by Gasteiger charge is 2.63. The second kappa shape index (κ2) is 9.17. The third kappa shape index (κ3) is 4.99. The summed E-state index contributed by atoms with van der Waals surface area (Å²) in [6.07, 6.45) is 7.14. The summed E-state index contributed by atoms with van der Waals surface area (Å²) in [7, 11) is 1.33. The second-order valence-electron chi connectivity index (χ2n) is 7.86. The lowest BCUT2D eigenvalue weighted by Gasteiger charge is -2.32. The number of alkyl halides is 3. The minimum atomic E-state index is -4.75. The van der Waals surface area contributed by atoms with Crippen LogP contribution in [0.15, 0.2) is 30.4 Å². The fourth-order valence-electron chi connectivity index (χ4n) is 3.61. The first-order valence-electron chi connectivity index (χ1n) is 9.96. The first-order valence-corrected chi connectivity index (χ1v) is 9.96. The van der Waals surface area contributed by atoms with E-state index in [1.807, 2.05) is 18.2 Å². The van der Waals surface area contributed by atoms with Crippen molar-refractivity contribution in [2.24, 2.45) is 11.8 Å². The van der Waals surface area contributed by atoms with Gasteiger partial charge in [0.15, 0.2) is 5.60 Å². The number of halogens is 3. The van der Waals surface area contributed by atoms with Crippen LogP contribution in [0.2, 0.25) is 0 Å². The van der Waals surface area contributed by atoms with Crippen LogP contribution < -0.4 is 4.74 Å². The molecule has 2 rings (SSSR count). The number of hydrogen-bond donors (Lipinski definition) is 1. The predicted molar refractivity (Wildman–Crippen MR) is 107 cm³/mol. The minimum absolute atomic E-state index is 0.0672. The average Bonchev–Trinajstić information content (AvgIpc) is 3.46. The lowest BCUT2D eigenvalue weighted by Crippen LogP contribution is -2.44. The van der Waals surface area contributed by atoms with E-state index in [-0.39, 0.29) is 11.3 Å². The van der Waals surface area contributed by atoms with Gasteiger partial charge in [-0.2, -0.15) is 13.2 Å². The van der Waals surface area contributed by atoms with Gasteiger partial charge in [0, 0.05) is 11.5 Å². The Morgan fingerprint density at radius 1 is 1.25 bits per heavy atom. The number of methoxy groups -OCH3 is 1. The predicted octanol–water partition coefficient (Wildman–Crippen LogP) is 6.56. The monoisotopic (exact) mass is 396 g/mol. The molecule has 0 amide bonds. The van der Waals surface area contributed by atoms with E-state index in [0.29, 0.717) is 24.3 Å². The average molecular weight is 396 g/mol. The van der Waals surface area contributed by atoms with Gasteiger partial charge >= 0.3 is 6.18 Å². The van der Waals surface area contributed by atoms with Gasteiger partial charge in [0.1, 0.15) is 5.75 Å². The molecular formula is C23H31F3O2. The normalized spacial score (nSPS) is 18.6. The third-order valence-corrected chi connectivity index (χ3v) is 5.44. The smallest absolute Gasteiger partial charge is 0.421 e. The van der Waals surface area contributed by atoms with Crippen molar-refractivity contribution in [3.8, 4) is 5.75 Å². The van der Waals surface area contributed by atoms with Crippen molar-refractivity contribution < 1.29 is 23.0 Å². The van der Waals surface area contributed by atoms with Gasteiger partial charge in [-0.1, -0.05) is 51.0 Å². The number of rotatable bonds is 9. The number of aryl methyl sites for hydroxylation is 1. The van der Waals surface area contributed by atoms with E-state index >= 15 is 0 Å².